The monoisotopic (exact) mass is 653 g/mol. The molecular formula is C19H12F21N. The molecule has 0 fully saturated rings. The van der Waals surface area contributed by atoms with E-state index >= 15 is 0 Å². The summed E-state index contributed by atoms with van der Waals surface area (Å²) in [5.74, 6) is -74.1. The van der Waals surface area contributed by atoms with Gasteiger partial charge >= 0.3 is 47.6 Å². The number of nitrogens with one attached hydrogen (secondary N) is 1. The highest BCUT2D eigenvalue weighted by Gasteiger charge is 2.95. The highest BCUT2D eigenvalue weighted by atomic mass is 19.4. The first-order chi connectivity index (χ1) is 17.7. The molecule has 0 aliphatic carbocycles. The first kappa shape index (κ1) is 36.7. The summed E-state index contributed by atoms with van der Waals surface area (Å²) < 4.78 is 285. The Kier molecular flexibility index (Phi) is 9.11. The molecule has 0 saturated heterocycles. The zero-order chi connectivity index (χ0) is 33.3. The van der Waals surface area contributed by atoms with Crippen LogP contribution in [-0.4, -0.2) is 47.8 Å². The molecule has 41 heavy (non-hydrogen) atoms. The normalized spacial score (nSPS) is 16.0. The van der Waals surface area contributed by atoms with Gasteiger partial charge in [-0.1, -0.05) is 13.8 Å². The molecule has 1 N–H and O–H groups in total. The van der Waals surface area contributed by atoms with Crippen molar-refractivity contribution in [1.29, 1.82) is 0 Å². The van der Waals surface area contributed by atoms with Crippen molar-refractivity contribution in [3.63, 3.8) is 0 Å². The Bertz CT molecular complexity index is 1100. The van der Waals surface area contributed by atoms with Gasteiger partial charge in [-0.15, -0.1) is 0 Å². The van der Waals surface area contributed by atoms with E-state index in [1.54, 1.807) is 0 Å². The van der Waals surface area contributed by atoms with Crippen molar-refractivity contribution in [3.05, 3.63) is 34.4 Å². The Morgan fingerprint density at radius 3 is 1.02 bits per heavy atom. The van der Waals surface area contributed by atoms with Crippen LogP contribution in [0, 0.1) is 23.3 Å². The summed E-state index contributed by atoms with van der Waals surface area (Å²) in [7, 11) is 0. The van der Waals surface area contributed by atoms with Crippen molar-refractivity contribution in [2.45, 2.75) is 80.5 Å². The molecule has 0 saturated carbocycles. The van der Waals surface area contributed by atoms with Gasteiger partial charge in [-0.3, -0.25) is 0 Å². The molecule has 1 aromatic rings. The maximum absolute atomic E-state index is 14.3. The largest absolute Gasteiger partial charge is 0.460 e. The van der Waals surface area contributed by atoms with Crippen LogP contribution in [0.5, 0.6) is 0 Å². The van der Waals surface area contributed by atoms with E-state index < -0.39 is 94.1 Å². The van der Waals surface area contributed by atoms with E-state index in [4.69, 9.17) is 0 Å². The van der Waals surface area contributed by atoms with E-state index in [0.29, 0.717) is 6.92 Å². The summed E-state index contributed by atoms with van der Waals surface area (Å²) in [6, 6.07) is -2.77. The fraction of sp³-hybridized carbons (Fsp3) is 0.684. The van der Waals surface area contributed by atoms with Crippen molar-refractivity contribution in [2.75, 3.05) is 0 Å². The van der Waals surface area contributed by atoms with E-state index in [0.717, 1.165) is 0 Å². The highest BCUT2D eigenvalue weighted by molar-refractivity contribution is 5.36. The molecule has 0 aliphatic heterocycles. The molecule has 240 valence electrons. The minimum absolute atomic E-state index is 0.667. The highest BCUT2D eigenvalue weighted by Crippen LogP contribution is 2.65. The van der Waals surface area contributed by atoms with Gasteiger partial charge in [-0.2, -0.15) is 74.6 Å². The number of rotatable bonds is 10. The van der Waals surface area contributed by atoms with Gasteiger partial charge in [0.2, 0.25) is 0 Å². The van der Waals surface area contributed by atoms with Gasteiger partial charge in [0.1, 0.15) is 5.56 Å². The average molecular weight is 653 g/mol. The zero-order valence-electron chi connectivity index (χ0n) is 19.6. The summed E-state index contributed by atoms with van der Waals surface area (Å²) >= 11 is 0. The lowest BCUT2D eigenvalue weighted by atomic mass is 9.86. The third-order valence-electron chi connectivity index (χ3n) is 5.35. The number of benzene rings is 1. The Balaban J connectivity index is 3.97. The molecule has 0 heterocycles. The van der Waals surface area contributed by atoms with Gasteiger partial charge in [0, 0.05) is 17.6 Å². The van der Waals surface area contributed by atoms with Crippen LogP contribution in [0.4, 0.5) is 92.2 Å². The van der Waals surface area contributed by atoms with Crippen LogP contribution >= 0.6 is 0 Å². The first-order valence-corrected chi connectivity index (χ1v) is 10.1. The summed E-state index contributed by atoms with van der Waals surface area (Å²) in [6.45, 7) is 3.10. The lowest BCUT2D eigenvalue weighted by Gasteiger charge is -2.42. The van der Waals surface area contributed by atoms with Crippen molar-refractivity contribution < 1.29 is 92.2 Å². The molecule has 1 unspecified atom stereocenters. The van der Waals surface area contributed by atoms with Crippen molar-refractivity contribution in [3.8, 4) is 0 Å². The van der Waals surface area contributed by atoms with Crippen LogP contribution in [0.25, 0.3) is 0 Å². The second-order valence-electron chi connectivity index (χ2n) is 8.61. The van der Waals surface area contributed by atoms with E-state index in [1.165, 1.54) is 13.8 Å². The molecule has 1 rings (SSSR count). The van der Waals surface area contributed by atoms with E-state index in [2.05, 4.69) is 5.32 Å². The second kappa shape index (κ2) is 10.2. The van der Waals surface area contributed by atoms with E-state index in [-0.39, 0.29) is 0 Å². The Morgan fingerprint density at radius 1 is 0.439 bits per heavy atom. The predicted octanol–water partition coefficient (Wildman–Crippen LogP) is 8.77. The summed E-state index contributed by atoms with van der Waals surface area (Å²) in [6.07, 6.45) is -7.97. The Hall–Kier alpha value is -2.29. The topological polar surface area (TPSA) is 12.0 Å². The fourth-order valence-electron chi connectivity index (χ4n) is 3.21. The molecule has 0 radical (unpaired) electrons. The standard InChI is InChI=1S/C19H12F21N/c1-4(2)41-5(3)6-8(20)10(22)7(11(23)9(6)21)12(24,25)13(26,27)14(28,29)15(30,31)16(32,33)17(34,35)18(36,37)19(38,39)40/h4-5,41H,1-3H3. The van der Waals surface area contributed by atoms with Crippen LogP contribution < -0.4 is 5.32 Å². The molecule has 0 bridgehead atoms. The van der Waals surface area contributed by atoms with Gasteiger partial charge in [-0.25, -0.2) is 17.6 Å². The van der Waals surface area contributed by atoms with Crippen molar-refractivity contribution in [1.82, 2.24) is 5.32 Å². The SMILES string of the molecule is CC(C)NC(C)c1c(F)c(F)c(C(F)(F)C(F)(F)C(F)(F)C(F)(F)C(F)(F)C(F)(F)C(F)(F)C(F)(F)F)c(F)c1F. The molecule has 0 spiro atoms. The number of alkyl halides is 17. The lowest BCUT2D eigenvalue weighted by Crippen LogP contribution is -2.74. The fourth-order valence-corrected chi connectivity index (χ4v) is 3.21. The average Bonchev–Trinajstić information content (AvgIpc) is 2.75. The third kappa shape index (κ3) is 4.94. The summed E-state index contributed by atoms with van der Waals surface area (Å²) in [5.41, 5.74) is -6.11. The molecule has 0 amide bonds. The van der Waals surface area contributed by atoms with Crippen LogP contribution in [-0.2, 0) is 5.92 Å². The van der Waals surface area contributed by atoms with Gasteiger partial charge in [0.25, 0.3) is 0 Å². The van der Waals surface area contributed by atoms with Crippen LogP contribution in [0.2, 0.25) is 0 Å². The number of hydrogen-bond acceptors (Lipinski definition) is 1. The minimum Gasteiger partial charge on any atom is -0.308 e. The van der Waals surface area contributed by atoms with Gasteiger partial charge in [0.05, 0.1) is 0 Å². The number of hydrogen-bond donors (Lipinski definition) is 1. The van der Waals surface area contributed by atoms with E-state index in [1.807, 2.05) is 0 Å². The van der Waals surface area contributed by atoms with Crippen molar-refractivity contribution in [2.24, 2.45) is 0 Å². The first-order valence-electron chi connectivity index (χ1n) is 10.1. The van der Waals surface area contributed by atoms with E-state index in [9.17, 15) is 92.2 Å². The summed E-state index contributed by atoms with van der Waals surface area (Å²) in [5, 5.41) is 2.12. The lowest BCUT2D eigenvalue weighted by molar-refractivity contribution is -0.463. The molecule has 22 heteroatoms. The predicted molar refractivity (Wildman–Crippen MR) is 92.6 cm³/mol. The molecule has 1 atom stereocenters. The van der Waals surface area contributed by atoms with Gasteiger partial charge in [-0.05, 0) is 6.92 Å². The van der Waals surface area contributed by atoms with Crippen LogP contribution in [0.3, 0.4) is 0 Å². The second-order valence-corrected chi connectivity index (χ2v) is 8.61. The molecule has 1 nitrogen and oxygen atoms in total. The van der Waals surface area contributed by atoms with Crippen molar-refractivity contribution >= 4 is 0 Å². The Morgan fingerprint density at radius 2 is 0.732 bits per heavy atom. The quantitative estimate of drug-likeness (QED) is 0.197. The molecule has 0 aromatic heterocycles. The summed E-state index contributed by atoms with van der Waals surface area (Å²) in [4.78, 5) is 0. The zero-order valence-corrected chi connectivity index (χ0v) is 19.6. The van der Waals surface area contributed by atoms with Gasteiger partial charge in [0.15, 0.2) is 23.3 Å². The minimum atomic E-state index is -9.04. The molecule has 0 aliphatic rings. The number of halogens is 21. The van der Waals surface area contributed by atoms with Gasteiger partial charge < -0.3 is 5.32 Å². The Labute approximate surface area is 213 Å². The molecule has 1 aromatic carbocycles. The third-order valence-corrected chi connectivity index (χ3v) is 5.35. The van der Waals surface area contributed by atoms with Crippen LogP contribution in [0.15, 0.2) is 0 Å². The molecular weight excluding hydrogens is 641 g/mol. The smallest absolute Gasteiger partial charge is 0.308 e. The van der Waals surface area contributed by atoms with Crippen LogP contribution in [0.1, 0.15) is 37.9 Å². The maximum Gasteiger partial charge on any atom is 0.460 e. The maximum atomic E-state index is 14.3.